The Morgan fingerprint density at radius 3 is 1.96 bits per heavy atom. The molecule has 1 N–H and O–H groups in total. The average Bonchev–Trinajstić information content (AvgIpc) is 2.70. The minimum Gasteiger partial charge on any atom is -0.354 e. The molecule has 0 bridgehead atoms. The standard InChI is InChI=1S/C24H28N2O2/c1-5-27-24(28-6-2)22-15-14-21(16-25-22)26-20-12-10-19(11-13-20)23-17(3)8-7-9-18(23)4/h7-16,24,26H,5-6H2,1-4H3. The SMILES string of the molecule is CCOC(OCC)c1ccc(Nc2ccc(-c3c(C)cccc3C)cc2)cn1. The number of ether oxygens (including phenoxy) is 2. The van der Waals surface area contributed by atoms with Gasteiger partial charge in [0.05, 0.1) is 17.6 Å². The van der Waals surface area contributed by atoms with Crippen LogP contribution < -0.4 is 5.32 Å². The molecule has 4 heteroatoms. The van der Waals surface area contributed by atoms with Crippen molar-refractivity contribution in [3.05, 3.63) is 77.6 Å². The summed E-state index contributed by atoms with van der Waals surface area (Å²) >= 11 is 0. The van der Waals surface area contributed by atoms with Gasteiger partial charge in [-0.3, -0.25) is 4.98 Å². The Labute approximate surface area is 167 Å². The highest BCUT2D eigenvalue weighted by atomic mass is 16.7. The first-order valence-electron chi connectivity index (χ1n) is 9.75. The van der Waals surface area contributed by atoms with Crippen LogP contribution in [0.3, 0.4) is 0 Å². The van der Waals surface area contributed by atoms with Crippen LogP contribution in [0.15, 0.2) is 60.8 Å². The largest absolute Gasteiger partial charge is 0.354 e. The topological polar surface area (TPSA) is 43.4 Å². The molecule has 0 unspecified atom stereocenters. The summed E-state index contributed by atoms with van der Waals surface area (Å²) in [4.78, 5) is 4.49. The first kappa shape index (κ1) is 20.1. The first-order chi connectivity index (χ1) is 13.6. The van der Waals surface area contributed by atoms with Gasteiger partial charge in [0.15, 0.2) is 0 Å². The predicted octanol–water partition coefficient (Wildman–Crippen LogP) is 6.18. The Morgan fingerprint density at radius 2 is 1.43 bits per heavy atom. The molecule has 3 rings (SSSR count). The fourth-order valence-corrected chi connectivity index (χ4v) is 3.30. The maximum Gasteiger partial charge on any atom is 0.201 e. The van der Waals surface area contributed by atoms with E-state index in [4.69, 9.17) is 9.47 Å². The molecule has 2 aromatic carbocycles. The van der Waals surface area contributed by atoms with E-state index >= 15 is 0 Å². The van der Waals surface area contributed by atoms with Gasteiger partial charge in [-0.05, 0) is 74.2 Å². The van der Waals surface area contributed by atoms with E-state index in [2.05, 4.69) is 66.6 Å². The number of anilines is 2. The Morgan fingerprint density at radius 1 is 0.821 bits per heavy atom. The van der Waals surface area contributed by atoms with Crippen LogP contribution >= 0.6 is 0 Å². The molecule has 1 heterocycles. The van der Waals surface area contributed by atoms with Crippen LogP contribution in [0.2, 0.25) is 0 Å². The first-order valence-corrected chi connectivity index (χ1v) is 9.75. The Balaban J connectivity index is 1.72. The summed E-state index contributed by atoms with van der Waals surface area (Å²) < 4.78 is 11.2. The maximum atomic E-state index is 5.60. The minimum atomic E-state index is -0.416. The summed E-state index contributed by atoms with van der Waals surface area (Å²) in [5.41, 5.74) is 7.84. The summed E-state index contributed by atoms with van der Waals surface area (Å²) in [5.74, 6) is 0. The third-order valence-electron chi connectivity index (χ3n) is 4.61. The van der Waals surface area contributed by atoms with Crippen LogP contribution in [0, 0.1) is 13.8 Å². The number of pyridine rings is 1. The molecule has 0 aliphatic rings. The van der Waals surface area contributed by atoms with Crippen LogP contribution in [0.25, 0.3) is 11.1 Å². The zero-order valence-corrected chi connectivity index (χ0v) is 17.0. The number of hydrogen-bond donors (Lipinski definition) is 1. The molecule has 0 aliphatic carbocycles. The molecule has 0 aliphatic heterocycles. The Bertz CT molecular complexity index is 863. The highest BCUT2D eigenvalue weighted by Crippen LogP contribution is 2.29. The molecule has 0 fully saturated rings. The van der Waals surface area contributed by atoms with Gasteiger partial charge in [0, 0.05) is 18.9 Å². The minimum absolute atomic E-state index is 0.416. The quantitative estimate of drug-likeness (QED) is 0.477. The molecule has 0 spiro atoms. The molecule has 28 heavy (non-hydrogen) atoms. The van der Waals surface area contributed by atoms with Gasteiger partial charge >= 0.3 is 0 Å². The van der Waals surface area contributed by atoms with Gasteiger partial charge in [0.25, 0.3) is 0 Å². The molecular weight excluding hydrogens is 348 g/mol. The van der Waals surface area contributed by atoms with Crippen molar-refractivity contribution in [3.8, 4) is 11.1 Å². The van der Waals surface area contributed by atoms with E-state index in [0.717, 1.165) is 17.1 Å². The fraction of sp³-hybridized carbons (Fsp3) is 0.292. The third-order valence-corrected chi connectivity index (χ3v) is 4.61. The third kappa shape index (κ3) is 4.77. The Hall–Kier alpha value is -2.69. The average molecular weight is 377 g/mol. The molecule has 3 aromatic rings. The maximum absolute atomic E-state index is 5.60. The summed E-state index contributed by atoms with van der Waals surface area (Å²) in [6, 6.07) is 18.8. The van der Waals surface area contributed by atoms with Crippen molar-refractivity contribution >= 4 is 11.4 Å². The van der Waals surface area contributed by atoms with Crippen molar-refractivity contribution in [1.29, 1.82) is 0 Å². The van der Waals surface area contributed by atoms with E-state index in [1.165, 1.54) is 22.3 Å². The highest BCUT2D eigenvalue weighted by Gasteiger charge is 2.12. The lowest BCUT2D eigenvalue weighted by Crippen LogP contribution is -2.10. The Kier molecular flexibility index (Phi) is 6.80. The number of benzene rings is 2. The van der Waals surface area contributed by atoms with Gasteiger partial charge in [-0.2, -0.15) is 0 Å². The van der Waals surface area contributed by atoms with Crippen LogP contribution in [-0.4, -0.2) is 18.2 Å². The van der Waals surface area contributed by atoms with Gasteiger partial charge in [0.1, 0.15) is 0 Å². The smallest absolute Gasteiger partial charge is 0.201 e. The number of aryl methyl sites for hydroxylation is 2. The zero-order chi connectivity index (χ0) is 19.9. The number of nitrogens with zero attached hydrogens (tertiary/aromatic N) is 1. The van der Waals surface area contributed by atoms with Crippen molar-refractivity contribution in [2.45, 2.75) is 34.0 Å². The fourth-order valence-electron chi connectivity index (χ4n) is 3.30. The molecule has 0 saturated heterocycles. The van der Waals surface area contributed by atoms with Crippen LogP contribution in [0.5, 0.6) is 0 Å². The van der Waals surface area contributed by atoms with E-state index in [1.807, 2.05) is 26.0 Å². The molecule has 0 amide bonds. The molecule has 0 atom stereocenters. The molecular formula is C24H28N2O2. The van der Waals surface area contributed by atoms with Gasteiger partial charge in [0.2, 0.25) is 6.29 Å². The van der Waals surface area contributed by atoms with Gasteiger partial charge in [-0.15, -0.1) is 0 Å². The van der Waals surface area contributed by atoms with Crippen molar-refractivity contribution in [3.63, 3.8) is 0 Å². The summed E-state index contributed by atoms with van der Waals surface area (Å²) in [5, 5.41) is 3.40. The highest BCUT2D eigenvalue weighted by molar-refractivity contribution is 5.73. The number of hydrogen-bond acceptors (Lipinski definition) is 4. The lowest BCUT2D eigenvalue weighted by Gasteiger charge is -2.16. The summed E-state index contributed by atoms with van der Waals surface area (Å²) in [7, 11) is 0. The molecule has 146 valence electrons. The monoisotopic (exact) mass is 376 g/mol. The van der Waals surface area contributed by atoms with Gasteiger partial charge < -0.3 is 14.8 Å². The number of aromatic nitrogens is 1. The second kappa shape index (κ2) is 9.49. The molecule has 0 saturated carbocycles. The van der Waals surface area contributed by atoms with E-state index in [-0.39, 0.29) is 0 Å². The van der Waals surface area contributed by atoms with Crippen molar-refractivity contribution < 1.29 is 9.47 Å². The van der Waals surface area contributed by atoms with Crippen LogP contribution in [0.1, 0.15) is 37.0 Å². The van der Waals surface area contributed by atoms with Crippen LogP contribution in [0.4, 0.5) is 11.4 Å². The predicted molar refractivity (Wildman–Crippen MR) is 115 cm³/mol. The van der Waals surface area contributed by atoms with E-state index in [0.29, 0.717) is 13.2 Å². The van der Waals surface area contributed by atoms with Gasteiger partial charge in [-0.1, -0.05) is 30.3 Å². The lowest BCUT2D eigenvalue weighted by molar-refractivity contribution is -0.142. The summed E-state index contributed by atoms with van der Waals surface area (Å²) in [6.45, 7) is 9.37. The summed E-state index contributed by atoms with van der Waals surface area (Å²) in [6.07, 6.45) is 1.39. The van der Waals surface area contributed by atoms with Crippen LogP contribution in [-0.2, 0) is 9.47 Å². The second-order valence-electron chi connectivity index (χ2n) is 6.68. The molecule has 0 radical (unpaired) electrons. The zero-order valence-electron chi connectivity index (χ0n) is 17.0. The lowest BCUT2D eigenvalue weighted by atomic mass is 9.96. The van der Waals surface area contributed by atoms with Crippen molar-refractivity contribution in [2.24, 2.45) is 0 Å². The van der Waals surface area contributed by atoms with E-state index in [1.54, 1.807) is 6.20 Å². The van der Waals surface area contributed by atoms with Crippen molar-refractivity contribution in [1.82, 2.24) is 4.98 Å². The molecule has 4 nitrogen and oxygen atoms in total. The normalized spacial score (nSPS) is 11.0. The number of rotatable bonds is 8. The van der Waals surface area contributed by atoms with E-state index < -0.39 is 6.29 Å². The molecule has 1 aromatic heterocycles. The van der Waals surface area contributed by atoms with Gasteiger partial charge in [-0.25, -0.2) is 0 Å². The van der Waals surface area contributed by atoms with E-state index in [9.17, 15) is 0 Å². The number of nitrogens with one attached hydrogen (secondary N) is 1. The second-order valence-corrected chi connectivity index (χ2v) is 6.68. The van der Waals surface area contributed by atoms with Crippen molar-refractivity contribution in [2.75, 3.05) is 18.5 Å².